The summed E-state index contributed by atoms with van der Waals surface area (Å²) in [5, 5.41) is 0.652. The normalized spacial score (nSPS) is 19.6. The number of piperazine rings is 1. The highest BCUT2D eigenvalue weighted by molar-refractivity contribution is 7.89. The van der Waals surface area contributed by atoms with Gasteiger partial charge in [0, 0.05) is 43.6 Å². The zero-order valence-electron chi connectivity index (χ0n) is 17.9. The third-order valence-electron chi connectivity index (χ3n) is 6.00. The number of benzene rings is 1. The van der Waals surface area contributed by atoms with Gasteiger partial charge in [0.15, 0.2) is 0 Å². The van der Waals surface area contributed by atoms with Gasteiger partial charge in [0.1, 0.15) is 10.4 Å². The number of primary amides is 2. The van der Waals surface area contributed by atoms with Crippen molar-refractivity contribution in [2.75, 3.05) is 19.6 Å². The Morgan fingerprint density at radius 2 is 1.88 bits per heavy atom. The first-order valence-electron chi connectivity index (χ1n) is 10.4. The minimum Gasteiger partial charge on any atom is -0.368 e. The van der Waals surface area contributed by atoms with Crippen LogP contribution in [-0.4, -0.2) is 69.3 Å². The molecule has 1 fully saturated rings. The number of urea groups is 1. The molecule has 3 aromatic rings. The van der Waals surface area contributed by atoms with Crippen LogP contribution in [0.4, 0.5) is 4.79 Å². The number of para-hydroxylation sites is 1. The number of hydrogen-bond donors (Lipinski definition) is 2. The van der Waals surface area contributed by atoms with Gasteiger partial charge < -0.3 is 20.9 Å². The second-order valence-corrected chi connectivity index (χ2v) is 9.80. The summed E-state index contributed by atoms with van der Waals surface area (Å²) in [7, 11) is -4.20. The molecular weight excluding hydrogens is 446 g/mol. The number of fused-ring (bicyclic) bond motifs is 1. The summed E-state index contributed by atoms with van der Waals surface area (Å²) in [4.78, 5) is 34.3. The van der Waals surface area contributed by atoms with E-state index in [1.165, 1.54) is 17.2 Å². The van der Waals surface area contributed by atoms with Crippen molar-refractivity contribution in [2.45, 2.75) is 29.8 Å². The Bertz CT molecular complexity index is 1270. The molecule has 4 rings (SSSR count). The summed E-state index contributed by atoms with van der Waals surface area (Å²) in [5.41, 5.74) is 9.96. The predicted molar refractivity (Wildman–Crippen MR) is 120 cm³/mol. The predicted octanol–water partition coefficient (Wildman–Crippen LogP) is 0.521. The van der Waals surface area contributed by atoms with Gasteiger partial charge in [0.2, 0.25) is 15.9 Å². The largest absolute Gasteiger partial charge is 0.368 e. The van der Waals surface area contributed by atoms with Gasteiger partial charge in [-0.15, -0.1) is 0 Å². The maximum Gasteiger partial charge on any atom is 0.314 e. The van der Waals surface area contributed by atoms with E-state index in [1.54, 1.807) is 43.0 Å². The maximum atomic E-state index is 13.9. The average molecular weight is 472 g/mol. The van der Waals surface area contributed by atoms with Crippen LogP contribution >= 0.6 is 0 Å². The lowest BCUT2D eigenvalue weighted by Crippen LogP contribution is -2.70. The van der Waals surface area contributed by atoms with Gasteiger partial charge in [-0.3, -0.25) is 9.78 Å². The van der Waals surface area contributed by atoms with E-state index in [0.29, 0.717) is 23.9 Å². The number of carbonyl (C=O) groups is 2. The highest BCUT2D eigenvalue weighted by Crippen LogP contribution is 2.34. The van der Waals surface area contributed by atoms with E-state index in [-0.39, 0.29) is 31.0 Å². The van der Waals surface area contributed by atoms with Crippen LogP contribution in [0.15, 0.2) is 60.1 Å². The molecule has 174 valence electrons. The first-order chi connectivity index (χ1) is 15.8. The molecule has 33 heavy (non-hydrogen) atoms. The summed E-state index contributed by atoms with van der Waals surface area (Å²) in [5.74, 6) is -0.837. The van der Waals surface area contributed by atoms with E-state index in [2.05, 4.69) is 9.97 Å². The molecule has 0 spiro atoms. The topological polar surface area (TPSA) is 158 Å². The molecule has 3 amide bonds. The van der Waals surface area contributed by atoms with Gasteiger partial charge in [-0.2, -0.15) is 4.31 Å². The van der Waals surface area contributed by atoms with E-state index < -0.39 is 27.5 Å². The number of aromatic nitrogens is 3. The quantitative estimate of drug-likeness (QED) is 0.511. The van der Waals surface area contributed by atoms with E-state index in [4.69, 9.17) is 11.5 Å². The second kappa shape index (κ2) is 8.79. The summed E-state index contributed by atoms with van der Waals surface area (Å²) in [6, 6.07) is 7.59. The van der Waals surface area contributed by atoms with Crippen molar-refractivity contribution in [3.8, 4) is 0 Å². The van der Waals surface area contributed by atoms with Crippen LogP contribution in [-0.2, 0) is 21.4 Å². The Labute approximate surface area is 191 Å². The fraction of sp³-hybridized carbons (Fsp3) is 0.333. The summed E-state index contributed by atoms with van der Waals surface area (Å²) in [6.45, 7) is 0.195. The van der Waals surface area contributed by atoms with Crippen LogP contribution in [0.3, 0.4) is 0 Å². The molecule has 12 heteroatoms. The van der Waals surface area contributed by atoms with Crippen LogP contribution < -0.4 is 11.5 Å². The number of rotatable bonds is 7. The van der Waals surface area contributed by atoms with Gasteiger partial charge in [0.25, 0.3) is 0 Å². The average Bonchev–Trinajstić information content (AvgIpc) is 3.31. The lowest BCUT2D eigenvalue weighted by Gasteiger charge is -2.47. The highest BCUT2D eigenvalue weighted by Gasteiger charge is 2.52. The lowest BCUT2D eigenvalue weighted by atomic mass is 9.89. The number of aryl methyl sites for hydroxylation is 1. The van der Waals surface area contributed by atoms with Crippen molar-refractivity contribution in [2.24, 2.45) is 11.5 Å². The zero-order chi connectivity index (χ0) is 23.6. The Hall–Kier alpha value is -3.51. The Morgan fingerprint density at radius 1 is 1.09 bits per heavy atom. The first kappa shape index (κ1) is 22.7. The molecule has 0 bridgehead atoms. The zero-order valence-corrected chi connectivity index (χ0v) is 18.7. The lowest BCUT2D eigenvalue weighted by molar-refractivity contribution is -0.130. The van der Waals surface area contributed by atoms with Crippen molar-refractivity contribution < 1.29 is 18.0 Å². The molecule has 3 heterocycles. The number of carbonyl (C=O) groups excluding carboxylic acids is 2. The number of sulfonamides is 1. The van der Waals surface area contributed by atoms with E-state index >= 15 is 0 Å². The van der Waals surface area contributed by atoms with Gasteiger partial charge in [0.05, 0.1) is 18.4 Å². The van der Waals surface area contributed by atoms with Gasteiger partial charge >= 0.3 is 6.03 Å². The van der Waals surface area contributed by atoms with Crippen molar-refractivity contribution in [1.82, 2.24) is 23.7 Å². The standard InChI is InChI=1S/C21H25N7O4S/c22-19(29)21(7-3-10-26-11-9-24-15-26)14-27(20(23)30)12-13-28(21)33(31,32)17-6-1-4-16-5-2-8-25-18(16)17/h1-2,4-6,8-9,11,15H,3,7,10,12-14H2,(H2,22,29)(H2,23,30). The molecule has 2 aromatic heterocycles. The number of amides is 3. The van der Waals surface area contributed by atoms with Crippen molar-refractivity contribution in [3.63, 3.8) is 0 Å². The summed E-state index contributed by atoms with van der Waals surface area (Å²) >= 11 is 0. The van der Waals surface area contributed by atoms with Crippen LogP contribution in [0, 0.1) is 0 Å². The molecule has 4 N–H and O–H groups in total. The molecule has 1 aromatic carbocycles. The number of imidazole rings is 1. The molecule has 1 aliphatic rings. The smallest absolute Gasteiger partial charge is 0.314 e. The van der Waals surface area contributed by atoms with Crippen molar-refractivity contribution >= 4 is 32.9 Å². The fourth-order valence-corrected chi connectivity index (χ4v) is 6.27. The first-order valence-corrected chi connectivity index (χ1v) is 11.9. The number of hydrogen-bond acceptors (Lipinski definition) is 6. The molecule has 1 aliphatic heterocycles. The second-order valence-electron chi connectivity index (χ2n) is 7.97. The molecule has 1 unspecified atom stereocenters. The molecule has 0 radical (unpaired) electrons. The van der Waals surface area contributed by atoms with E-state index in [1.807, 2.05) is 4.57 Å². The Morgan fingerprint density at radius 3 is 2.58 bits per heavy atom. The molecule has 0 saturated carbocycles. The highest BCUT2D eigenvalue weighted by atomic mass is 32.2. The Balaban J connectivity index is 1.77. The van der Waals surface area contributed by atoms with Crippen LogP contribution in [0.25, 0.3) is 10.9 Å². The number of nitrogens with two attached hydrogens (primary N) is 2. The minimum atomic E-state index is -4.20. The van der Waals surface area contributed by atoms with Crippen molar-refractivity contribution in [3.05, 3.63) is 55.2 Å². The number of pyridine rings is 1. The monoisotopic (exact) mass is 471 g/mol. The molecule has 1 atom stereocenters. The summed E-state index contributed by atoms with van der Waals surface area (Å²) < 4.78 is 30.8. The minimum absolute atomic E-state index is 0.0200. The van der Waals surface area contributed by atoms with Gasteiger partial charge in [-0.05, 0) is 25.0 Å². The molecule has 0 aliphatic carbocycles. The van der Waals surface area contributed by atoms with E-state index in [0.717, 1.165) is 4.31 Å². The van der Waals surface area contributed by atoms with Gasteiger partial charge in [-0.1, -0.05) is 18.2 Å². The van der Waals surface area contributed by atoms with Crippen molar-refractivity contribution in [1.29, 1.82) is 0 Å². The third kappa shape index (κ3) is 4.14. The van der Waals surface area contributed by atoms with Crippen LogP contribution in [0.5, 0.6) is 0 Å². The Kier molecular flexibility index (Phi) is 6.04. The van der Waals surface area contributed by atoms with Crippen LogP contribution in [0.1, 0.15) is 12.8 Å². The third-order valence-corrected chi connectivity index (χ3v) is 8.00. The number of nitrogens with zero attached hydrogens (tertiary/aromatic N) is 5. The fourth-order valence-electron chi connectivity index (χ4n) is 4.34. The summed E-state index contributed by atoms with van der Waals surface area (Å²) in [6.07, 6.45) is 7.06. The van der Waals surface area contributed by atoms with Gasteiger partial charge in [-0.25, -0.2) is 18.2 Å². The maximum absolute atomic E-state index is 13.9. The van der Waals surface area contributed by atoms with Crippen LogP contribution in [0.2, 0.25) is 0 Å². The molecule has 1 saturated heterocycles. The molecule has 11 nitrogen and oxygen atoms in total. The van der Waals surface area contributed by atoms with E-state index in [9.17, 15) is 18.0 Å². The SMILES string of the molecule is NC(=O)N1CCN(S(=O)(=O)c2cccc3cccnc23)C(CCCn2ccnc2)(C(N)=O)C1. The molecular formula is C21H25N7O4S.